The molecule has 2 aliphatic carbocycles. The minimum absolute atomic E-state index is 0.0480. The van der Waals surface area contributed by atoms with E-state index in [-0.39, 0.29) is 49.3 Å². The van der Waals surface area contributed by atoms with E-state index in [2.05, 4.69) is 36.6 Å². The Morgan fingerprint density at radius 3 is 1.61 bits per heavy atom. The van der Waals surface area contributed by atoms with E-state index in [1.165, 1.54) is 6.33 Å². The van der Waals surface area contributed by atoms with Crippen molar-refractivity contribution in [2.75, 3.05) is 66.4 Å². The van der Waals surface area contributed by atoms with E-state index >= 15 is 0 Å². The Labute approximate surface area is 441 Å². The standard InChI is InChI=1S/C51H64N16O10/c68-22-31(17-27-7-3-1-4-8-27)54-43-38-45(65(25-52-38)34-11-12-37(71)40(34)72)61-48(59-43)63-15-13-29(20-63)56-50(76)57-30-14-16-64(21-30)49-60-44(55-32(23-69)18-28-9-5-2-6-10-28)39-46(62-49)66(26-53-39)35-19-36(42(74)41(35)73)67-47(75)33(24-70)58-51(67)77/h1-10,25-26,29-37,40-42,68-74H,11-24H2,(H,58,77)(H,54,59,61)(H,55,60,62)(H2,56,57,76)/t29-,30-,31+,32+,33-,34-,35-,36+,37-,40+,41+,42-/m1/s1. The molecule has 5 fully saturated rings. The summed E-state index contributed by atoms with van der Waals surface area (Å²) in [6.07, 6.45) is 1.19. The van der Waals surface area contributed by atoms with Gasteiger partial charge < -0.3 is 81.3 Å². The van der Waals surface area contributed by atoms with Crippen LogP contribution in [-0.4, -0.2) is 204 Å². The molecule has 2 aromatic carbocycles. The van der Waals surface area contributed by atoms with Crippen molar-refractivity contribution >= 4 is 63.8 Å². The molecule has 5 aliphatic rings. The van der Waals surface area contributed by atoms with Crippen LogP contribution in [0.5, 0.6) is 0 Å². The zero-order chi connectivity index (χ0) is 53.5. The summed E-state index contributed by atoms with van der Waals surface area (Å²) in [5.41, 5.74) is 3.52. The van der Waals surface area contributed by atoms with Crippen LogP contribution in [-0.2, 0) is 17.6 Å². The number of hydrogen-bond acceptors (Lipinski definition) is 20. The summed E-state index contributed by atoms with van der Waals surface area (Å²) < 4.78 is 3.38. The molecule has 0 bridgehead atoms. The Kier molecular flexibility index (Phi) is 14.8. The number of amides is 5. The van der Waals surface area contributed by atoms with Crippen molar-refractivity contribution in [3.8, 4) is 0 Å². The van der Waals surface area contributed by atoms with Crippen molar-refractivity contribution in [1.82, 2.24) is 59.9 Å². The number of aliphatic hydroxyl groups excluding tert-OH is 7. The third-order valence-corrected chi connectivity index (χ3v) is 15.7. The highest BCUT2D eigenvalue weighted by molar-refractivity contribution is 6.04. The van der Waals surface area contributed by atoms with Gasteiger partial charge in [-0.05, 0) is 56.1 Å². The van der Waals surface area contributed by atoms with Crippen molar-refractivity contribution in [1.29, 1.82) is 0 Å². The number of anilines is 4. The lowest BCUT2D eigenvalue weighted by molar-refractivity contribution is -0.131. The van der Waals surface area contributed by atoms with Crippen LogP contribution in [0, 0.1) is 0 Å². The second kappa shape index (κ2) is 22.0. The van der Waals surface area contributed by atoms with Gasteiger partial charge in [0.1, 0.15) is 24.4 Å². The molecule has 4 aromatic heterocycles. The van der Waals surface area contributed by atoms with Crippen LogP contribution in [0.3, 0.4) is 0 Å². The predicted molar refractivity (Wildman–Crippen MR) is 279 cm³/mol. The first-order valence-electron chi connectivity index (χ1n) is 26.2. The molecule has 77 heavy (non-hydrogen) atoms. The van der Waals surface area contributed by atoms with Gasteiger partial charge in [0.05, 0.1) is 68.8 Å². The number of aliphatic hydroxyl groups is 7. The van der Waals surface area contributed by atoms with Crippen LogP contribution in [0.1, 0.15) is 55.3 Å². The number of fused-ring (bicyclic) bond motifs is 2. The number of imidazole rings is 2. The van der Waals surface area contributed by atoms with Crippen molar-refractivity contribution in [3.05, 3.63) is 84.4 Å². The van der Waals surface area contributed by atoms with Gasteiger partial charge in [-0.15, -0.1) is 0 Å². The van der Waals surface area contributed by atoms with Gasteiger partial charge in [-0.2, -0.15) is 19.9 Å². The number of benzene rings is 2. The lowest BCUT2D eigenvalue weighted by atomic mass is 10.1. The molecule has 26 heteroatoms. The normalized spacial score (nSPS) is 27.2. The number of nitrogens with one attached hydrogen (secondary N) is 5. The molecule has 0 radical (unpaired) electrons. The molecule has 5 amide bonds. The molecule has 3 saturated heterocycles. The maximum Gasteiger partial charge on any atom is 0.325 e. The second-order valence-electron chi connectivity index (χ2n) is 20.7. The summed E-state index contributed by atoms with van der Waals surface area (Å²) in [5, 5.41) is 90.2. The highest BCUT2D eigenvalue weighted by Crippen LogP contribution is 2.39. The highest BCUT2D eigenvalue weighted by Gasteiger charge is 2.52. The van der Waals surface area contributed by atoms with Crippen LogP contribution in [0.15, 0.2) is 73.3 Å². The molecule has 11 rings (SSSR count). The van der Waals surface area contributed by atoms with Gasteiger partial charge in [0.2, 0.25) is 11.9 Å². The average Bonchev–Trinajstić information content (AvgIpc) is 4.43. The summed E-state index contributed by atoms with van der Waals surface area (Å²) in [7, 11) is 0. The smallest absolute Gasteiger partial charge is 0.325 e. The maximum absolute atomic E-state index is 13.8. The van der Waals surface area contributed by atoms with E-state index in [0.29, 0.717) is 99.0 Å². The molecule has 12 N–H and O–H groups in total. The Morgan fingerprint density at radius 1 is 0.636 bits per heavy atom. The van der Waals surface area contributed by atoms with E-state index in [9.17, 15) is 50.1 Å². The largest absolute Gasteiger partial charge is 0.394 e. The first-order chi connectivity index (χ1) is 37.4. The van der Waals surface area contributed by atoms with Crippen LogP contribution in [0.2, 0.25) is 0 Å². The first kappa shape index (κ1) is 51.8. The summed E-state index contributed by atoms with van der Waals surface area (Å²) in [4.78, 5) is 73.5. The topological polar surface area (TPSA) is 350 Å². The molecule has 7 heterocycles. The van der Waals surface area contributed by atoms with Gasteiger partial charge >= 0.3 is 12.1 Å². The van der Waals surface area contributed by atoms with Crippen molar-refractivity contribution in [2.45, 2.75) is 118 Å². The minimum atomic E-state index is -1.52. The van der Waals surface area contributed by atoms with Gasteiger partial charge in [-0.3, -0.25) is 9.69 Å². The maximum atomic E-state index is 13.8. The molecular weight excluding hydrogens is 997 g/mol. The molecule has 12 atom stereocenters. The van der Waals surface area contributed by atoms with Gasteiger partial charge in [-0.25, -0.2) is 19.6 Å². The Morgan fingerprint density at radius 2 is 1.14 bits per heavy atom. The van der Waals surface area contributed by atoms with Gasteiger partial charge in [0.15, 0.2) is 34.0 Å². The monoisotopic (exact) mass is 1060 g/mol. The number of urea groups is 2. The molecule has 408 valence electrons. The SMILES string of the molecule is O=C(N[C@@H]1CCN(c2nc(N[C@H](CO)Cc3ccccc3)c3ncn([C@@H]4C[C@H](N5C(=O)N[C@H](CO)C5=O)[C@@H](O)[C@H]4O)c3n2)C1)N[C@@H]1CCN(c2nc(N[C@H](CO)Cc3ccccc3)c3ncn([C@@H]4CC[C@@H](O)[C@H]4O)c3n2)C1. The summed E-state index contributed by atoms with van der Waals surface area (Å²) in [5.74, 6) is 0.653. The number of carbonyl (C=O) groups excluding carboxylic acids is 3. The number of imide groups is 1. The summed E-state index contributed by atoms with van der Waals surface area (Å²) in [6, 6.07) is 13.1. The first-order valence-corrected chi connectivity index (χ1v) is 26.2. The van der Waals surface area contributed by atoms with Crippen molar-refractivity contribution in [2.24, 2.45) is 0 Å². The lowest BCUT2D eigenvalue weighted by Gasteiger charge is -2.24. The second-order valence-corrected chi connectivity index (χ2v) is 20.7. The van der Waals surface area contributed by atoms with Crippen LogP contribution in [0.25, 0.3) is 22.3 Å². The number of nitrogens with zero attached hydrogens (tertiary/aromatic N) is 11. The molecule has 0 spiro atoms. The fourth-order valence-electron chi connectivity index (χ4n) is 11.6. The van der Waals surface area contributed by atoms with E-state index in [1.54, 1.807) is 15.5 Å². The Bertz CT molecular complexity index is 3080. The molecule has 3 aliphatic heterocycles. The highest BCUT2D eigenvalue weighted by atomic mass is 16.3. The molecule has 6 aromatic rings. The zero-order valence-electron chi connectivity index (χ0n) is 42.0. The predicted octanol–water partition coefficient (Wildman–Crippen LogP) is -0.842. The number of rotatable bonds is 18. The fourth-order valence-corrected chi connectivity index (χ4v) is 11.6. The quantitative estimate of drug-likeness (QED) is 0.0467. The minimum Gasteiger partial charge on any atom is -0.394 e. The average molecular weight is 1060 g/mol. The summed E-state index contributed by atoms with van der Waals surface area (Å²) >= 11 is 0. The number of aromatic nitrogens is 8. The van der Waals surface area contributed by atoms with Crippen LogP contribution >= 0.6 is 0 Å². The lowest BCUT2D eigenvalue weighted by Crippen LogP contribution is -2.48. The third kappa shape index (κ3) is 10.4. The van der Waals surface area contributed by atoms with E-state index in [1.807, 2.05) is 70.5 Å². The van der Waals surface area contributed by atoms with Gasteiger partial charge in [0, 0.05) is 38.3 Å². The van der Waals surface area contributed by atoms with Crippen molar-refractivity contribution in [3.63, 3.8) is 0 Å². The van der Waals surface area contributed by atoms with E-state index in [0.717, 1.165) is 16.0 Å². The Balaban J connectivity index is 0.793. The van der Waals surface area contributed by atoms with E-state index < -0.39 is 79.2 Å². The van der Waals surface area contributed by atoms with Gasteiger partial charge in [0.25, 0.3) is 5.91 Å². The molecular formula is C51H64N16O10. The number of carbonyl (C=O) groups is 3. The Hall–Kier alpha value is -7.33. The molecule has 26 nitrogen and oxygen atoms in total. The zero-order valence-corrected chi connectivity index (χ0v) is 42.0. The fraction of sp³-hybridized carbons (Fsp3) is 0.510. The number of hydrogen-bond donors (Lipinski definition) is 12. The van der Waals surface area contributed by atoms with Crippen LogP contribution < -0.4 is 36.4 Å². The third-order valence-electron chi connectivity index (χ3n) is 15.7. The summed E-state index contributed by atoms with van der Waals surface area (Å²) in [6.45, 7) is 0.620. The van der Waals surface area contributed by atoms with Crippen molar-refractivity contribution < 1.29 is 50.1 Å². The molecule has 2 saturated carbocycles. The van der Waals surface area contributed by atoms with Gasteiger partial charge in [-0.1, -0.05) is 60.7 Å². The van der Waals surface area contributed by atoms with Crippen LogP contribution in [0.4, 0.5) is 33.1 Å². The van der Waals surface area contributed by atoms with E-state index in [4.69, 9.17) is 19.9 Å². The molecule has 0 unspecified atom stereocenters.